The number of rotatable bonds is 8. The van der Waals surface area contributed by atoms with Crippen LogP contribution in [0, 0.1) is 0 Å². The number of esters is 1. The molecule has 0 rings (SSSR count). The van der Waals surface area contributed by atoms with Crippen molar-refractivity contribution in [3.05, 3.63) is 36.5 Å². The Morgan fingerprint density at radius 1 is 1.29 bits per heavy atom. The predicted molar refractivity (Wildman–Crippen MR) is 69.6 cm³/mol. The van der Waals surface area contributed by atoms with Crippen molar-refractivity contribution in [2.24, 2.45) is 0 Å². The second-order valence-electron chi connectivity index (χ2n) is 3.61. The molecule has 3 nitrogen and oxygen atoms in total. The Hall–Kier alpha value is -1.35. The van der Waals surface area contributed by atoms with Crippen molar-refractivity contribution >= 4 is 5.97 Å². The monoisotopic (exact) mass is 238 g/mol. The maximum atomic E-state index is 10.8. The van der Waals surface area contributed by atoms with Crippen LogP contribution in [-0.4, -0.2) is 24.3 Å². The average Bonchev–Trinajstić information content (AvgIpc) is 2.34. The standard InChI is InChI=1S/C14H22O3/c1-3-4-5-6-7-8-9-10-13(15)11-12-14(16)17-2/h4-5,7-10,13,15H,3,6,11-12H2,1-2H3. The number of aliphatic hydroxyl groups excluding tert-OH is 1. The van der Waals surface area contributed by atoms with Gasteiger partial charge in [0.15, 0.2) is 0 Å². The largest absolute Gasteiger partial charge is 0.469 e. The summed E-state index contributed by atoms with van der Waals surface area (Å²) in [6.45, 7) is 2.10. The summed E-state index contributed by atoms with van der Waals surface area (Å²) in [5, 5.41) is 9.49. The molecule has 0 saturated carbocycles. The van der Waals surface area contributed by atoms with Crippen molar-refractivity contribution < 1.29 is 14.6 Å². The minimum Gasteiger partial charge on any atom is -0.469 e. The van der Waals surface area contributed by atoms with E-state index >= 15 is 0 Å². The number of carbonyl (C=O) groups excluding carboxylic acids is 1. The van der Waals surface area contributed by atoms with Gasteiger partial charge in [0.2, 0.25) is 0 Å². The number of methoxy groups -OCH3 is 1. The maximum absolute atomic E-state index is 10.8. The number of aliphatic hydroxyl groups is 1. The molecular weight excluding hydrogens is 216 g/mol. The molecule has 96 valence electrons. The van der Waals surface area contributed by atoms with Gasteiger partial charge in [-0.1, -0.05) is 43.4 Å². The van der Waals surface area contributed by atoms with E-state index < -0.39 is 6.10 Å². The van der Waals surface area contributed by atoms with Crippen molar-refractivity contribution in [1.82, 2.24) is 0 Å². The summed E-state index contributed by atoms with van der Waals surface area (Å²) in [6, 6.07) is 0. The lowest BCUT2D eigenvalue weighted by Gasteiger charge is -2.02. The lowest BCUT2D eigenvalue weighted by atomic mass is 10.2. The normalized spacial score (nSPS) is 13.8. The van der Waals surface area contributed by atoms with E-state index in [1.54, 1.807) is 12.2 Å². The molecule has 17 heavy (non-hydrogen) atoms. The third-order valence-corrected chi connectivity index (χ3v) is 2.13. The van der Waals surface area contributed by atoms with E-state index in [0.29, 0.717) is 6.42 Å². The minimum atomic E-state index is -0.593. The van der Waals surface area contributed by atoms with Gasteiger partial charge in [-0.25, -0.2) is 0 Å². The van der Waals surface area contributed by atoms with Crippen molar-refractivity contribution in [1.29, 1.82) is 0 Å². The molecule has 0 aromatic heterocycles. The average molecular weight is 238 g/mol. The van der Waals surface area contributed by atoms with Crippen molar-refractivity contribution in [3.63, 3.8) is 0 Å². The lowest BCUT2D eigenvalue weighted by molar-refractivity contribution is -0.141. The Morgan fingerprint density at radius 2 is 2.06 bits per heavy atom. The van der Waals surface area contributed by atoms with Gasteiger partial charge in [0.25, 0.3) is 0 Å². The number of allylic oxidation sites excluding steroid dienone is 5. The van der Waals surface area contributed by atoms with Crippen LogP contribution in [0.4, 0.5) is 0 Å². The van der Waals surface area contributed by atoms with Crippen LogP contribution in [0.3, 0.4) is 0 Å². The van der Waals surface area contributed by atoms with Crippen LogP contribution in [-0.2, 0) is 9.53 Å². The summed E-state index contributed by atoms with van der Waals surface area (Å²) in [4.78, 5) is 10.8. The molecule has 1 N–H and O–H groups in total. The van der Waals surface area contributed by atoms with Crippen LogP contribution < -0.4 is 0 Å². The van der Waals surface area contributed by atoms with Gasteiger partial charge in [0.05, 0.1) is 13.2 Å². The lowest BCUT2D eigenvalue weighted by Crippen LogP contribution is -2.07. The highest BCUT2D eigenvalue weighted by Crippen LogP contribution is 2.00. The molecule has 0 aliphatic carbocycles. The first kappa shape index (κ1) is 15.7. The van der Waals surface area contributed by atoms with Gasteiger partial charge in [-0.3, -0.25) is 4.79 Å². The summed E-state index contributed by atoms with van der Waals surface area (Å²) >= 11 is 0. The molecule has 1 unspecified atom stereocenters. The smallest absolute Gasteiger partial charge is 0.305 e. The molecule has 0 fully saturated rings. The van der Waals surface area contributed by atoms with Crippen LogP contribution in [0.25, 0.3) is 0 Å². The van der Waals surface area contributed by atoms with E-state index in [4.69, 9.17) is 0 Å². The van der Waals surface area contributed by atoms with Crippen LogP contribution in [0.1, 0.15) is 32.6 Å². The molecule has 0 bridgehead atoms. The van der Waals surface area contributed by atoms with Crippen LogP contribution >= 0.6 is 0 Å². The van der Waals surface area contributed by atoms with Gasteiger partial charge in [-0.05, 0) is 19.3 Å². The van der Waals surface area contributed by atoms with E-state index in [1.807, 2.05) is 12.2 Å². The van der Waals surface area contributed by atoms with Gasteiger partial charge >= 0.3 is 5.97 Å². The second-order valence-corrected chi connectivity index (χ2v) is 3.61. The SMILES string of the molecule is CCC=CCC=CC=CC(O)CCC(=O)OC. The molecule has 0 radical (unpaired) electrons. The number of hydrogen-bond acceptors (Lipinski definition) is 3. The third kappa shape index (κ3) is 10.9. The van der Waals surface area contributed by atoms with Crippen LogP contribution in [0.5, 0.6) is 0 Å². The van der Waals surface area contributed by atoms with E-state index in [9.17, 15) is 9.90 Å². The molecular formula is C14H22O3. The van der Waals surface area contributed by atoms with E-state index in [-0.39, 0.29) is 12.4 Å². The molecule has 0 saturated heterocycles. The van der Waals surface area contributed by atoms with Crippen molar-refractivity contribution in [2.45, 2.75) is 38.7 Å². The van der Waals surface area contributed by atoms with Gasteiger partial charge in [0, 0.05) is 6.42 Å². The summed E-state index contributed by atoms with van der Waals surface area (Å²) < 4.78 is 4.49. The Morgan fingerprint density at radius 3 is 2.71 bits per heavy atom. The number of hydrogen-bond donors (Lipinski definition) is 1. The molecule has 0 aliphatic heterocycles. The summed E-state index contributed by atoms with van der Waals surface area (Å²) in [7, 11) is 1.34. The van der Waals surface area contributed by atoms with Gasteiger partial charge in [-0.15, -0.1) is 0 Å². The zero-order valence-electron chi connectivity index (χ0n) is 10.6. The van der Waals surface area contributed by atoms with Crippen LogP contribution in [0.2, 0.25) is 0 Å². The first-order chi connectivity index (χ1) is 8.20. The first-order valence-electron chi connectivity index (χ1n) is 5.94. The Bertz CT molecular complexity index is 277. The highest BCUT2D eigenvalue weighted by molar-refractivity contribution is 5.69. The molecule has 0 heterocycles. The van der Waals surface area contributed by atoms with Gasteiger partial charge in [-0.2, -0.15) is 0 Å². The zero-order valence-corrected chi connectivity index (χ0v) is 10.6. The fourth-order valence-corrected chi connectivity index (χ4v) is 1.16. The van der Waals surface area contributed by atoms with Gasteiger partial charge in [0.1, 0.15) is 0 Å². The quantitative estimate of drug-likeness (QED) is 0.402. The highest BCUT2D eigenvalue weighted by atomic mass is 16.5. The topological polar surface area (TPSA) is 46.5 Å². The third-order valence-electron chi connectivity index (χ3n) is 2.13. The number of carbonyl (C=O) groups is 1. The summed E-state index contributed by atoms with van der Waals surface area (Å²) in [6.07, 6.45) is 13.6. The van der Waals surface area contributed by atoms with E-state index in [1.165, 1.54) is 7.11 Å². The van der Waals surface area contributed by atoms with Crippen molar-refractivity contribution in [2.75, 3.05) is 7.11 Å². The predicted octanol–water partition coefficient (Wildman–Crippen LogP) is 2.77. The van der Waals surface area contributed by atoms with E-state index in [2.05, 4.69) is 23.8 Å². The molecule has 0 aromatic rings. The molecule has 0 aromatic carbocycles. The van der Waals surface area contributed by atoms with E-state index in [0.717, 1.165) is 12.8 Å². The second kappa shape index (κ2) is 11.1. The fourth-order valence-electron chi connectivity index (χ4n) is 1.16. The van der Waals surface area contributed by atoms with Crippen LogP contribution in [0.15, 0.2) is 36.5 Å². The highest BCUT2D eigenvalue weighted by Gasteiger charge is 2.04. The Balaban J connectivity index is 3.69. The first-order valence-corrected chi connectivity index (χ1v) is 5.94. The molecule has 3 heteroatoms. The molecule has 0 aliphatic rings. The zero-order chi connectivity index (χ0) is 12.9. The number of ether oxygens (including phenoxy) is 1. The minimum absolute atomic E-state index is 0.241. The molecule has 0 spiro atoms. The fraction of sp³-hybridized carbons (Fsp3) is 0.500. The molecule has 1 atom stereocenters. The summed E-state index contributed by atoms with van der Waals surface area (Å²) in [5.74, 6) is -0.294. The Labute approximate surface area is 103 Å². The Kier molecular flexibility index (Phi) is 10.3. The van der Waals surface area contributed by atoms with Crippen molar-refractivity contribution in [3.8, 4) is 0 Å². The molecule has 0 amide bonds. The maximum Gasteiger partial charge on any atom is 0.305 e. The summed E-state index contributed by atoms with van der Waals surface area (Å²) in [5.41, 5.74) is 0. The van der Waals surface area contributed by atoms with Gasteiger partial charge < -0.3 is 9.84 Å².